The first-order valence-electron chi connectivity index (χ1n) is 14.7. The van der Waals surface area contributed by atoms with Crippen LogP contribution in [0, 0.1) is 0 Å². The summed E-state index contributed by atoms with van der Waals surface area (Å²) in [6.07, 6.45) is -4.86. The number of aliphatic hydroxyl groups is 1. The number of benzene rings is 1. The molecule has 0 radical (unpaired) electrons. The fourth-order valence-electron chi connectivity index (χ4n) is 3.25. The Morgan fingerprint density at radius 3 is 2.69 bits per heavy atom. The van der Waals surface area contributed by atoms with Crippen molar-refractivity contribution in [1.82, 2.24) is 10.2 Å². The number of fused-ring (bicyclic) bond motifs is 1. The second-order valence-corrected chi connectivity index (χ2v) is 7.11. The lowest BCUT2D eigenvalue weighted by Gasteiger charge is -2.29. The molecule has 6 nitrogen and oxygen atoms in total. The zero-order valence-corrected chi connectivity index (χ0v) is 16.8. The Kier molecular flexibility index (Phi) is 5.04. The van der Waals surface area contributed by atoms with Crippen molar-refractivity contribution in [1.29, 1.82) is 0 Å². The lowest BCUT2D eigenvalue weighted by molar-refractivity contribution is -0.123. The Morgan fingerprint density at radius 1 is 1.21 bits per heavy atom. The van der Waals surface area contributed by atoms with Gasteiger partial charge in [0.25, 0.3) is 0 Å². The van der Waals surface area contributed by atoms with Crippen LogP contribution in [0.15, 0.2) is 18.2 Å². The zero-order chi connectivity index (χ0) is 28.6. The van der Waals surface area contributed by atoms with Gasteiger partial charge in [0.15, 0.2) is 11.5 Å². The van der Waals surface area contributed by atoms with Gasteiger partial charge in [0.05, 0.1) is 7.41 Å². The van der Waals surface area contributed by atoms with Crippen molar-refractivity contribution >= 4 is 5.91 Å². The summed E-state index contributed by atoms with van der Waals surface area (Å²) in [6, 6.07) is 2.53. The van der Waals surface area contributed by atoms with E-state index in [9.17, 15) is 9.90 Å². The molecular formula is C23H36N2O4. The summed E-state index contributed by atoms with van der Waals surface area (Å²) in [7, 11) is 0. The average Bonchev–Trinajstić information content (AvgIpc) is 2.91. The van der Waals surface area contributed by atoms with Crippen LogP contribution in [0.2, 0.25) is 0 Å². The van der Waals surface area contributed by atoms with Gasteiger partial charge in [-0.3, -0.25) is 4.79 Å². The van der Waals surface area contributed by atoms with Crippen molar-refractivity contribution in [2.45, 2.75) is 70.3 Å². The molecule has 2 aliphatic rings. The van der Waals surface area contributed by atoms with Crippen molar-refractivity contribution in [2.75, 3.05) is 32.8 Å². The van der Waals surface area contributed by atoms with Gasteiger partial charge in [0.1, 0.15) is 19.3 Å². The molecule has 0 spiro atoms. The van der Waals surface area contributed by atoms with E-state index in [1.807, 2.05) is 0 Å². The van der Waals surface area contributed by atoms with Gasteiger partial charge in [-0.1, -0.05) is 38.7 Å². The fraction of sp³-hybridized carbons (Fsp3) is 0.696. The van der Waals surface area contributed by atoms with Gasteiger partial charge in [-0.15, -0.1) is 0 Å². The number of hydrogen-bond acceptors (Lipinski definition) is 5. The molecule has 1 saturated heterocycles. The van der Waals surface area contributed by atoms with Crippen LogP contribution < -0.4 is 14.8 Å². The van der Waals surface area contributed by atoms with Crippen molar-refractivity contribution < 1.29 is 31.7 Å². The van der Waals surface area contributed by atoms with Crippen LogP contribution in [-0.2, 0) is 4.79 Å². The number of amides is 1. The summed E-state index contributed by atoms with van der Waals surface area (Å²) >= 11 is 0. The number of rotatable bonds is 11. The molecule has 29 heavy (non-hydrogen) atoms. The minimum Gasteiger partial charge on any atom is -0.486 e. The zero-order valence-electron chi connectivity index (χ0n) is 25.8. The van der Waals surface area contributed by atoms with E-state index in [-0.39, 0.29) is 24.3 Å². The third-order valence-electron chi connectivity index (χ3n) is 4.82. The molecule has 6 heteroatoms. The molecule has 0 unspecified atom stereocenters. The first kappa shape index (κ1) is 12.8. The van der Waals surface area contributed by atoms with E-state index in [0.717, 1.165) is 25.7 Å². The third kappa shape index (κ3) is 6.61. The Bertz CT molecular complexity index is 981. The highest BCUT2D eigenvalue weighted by atomic mass is 16.6. The summed E-state index contributed by atoms with van der Waals surface area (Å²) in [5.74, 6) is 0.0815. The number of hydrogen-bond donors (Lipinski definition) is 2. The largest absolute Gasteiger partial charge is 0.486 e. The third-order valence-corrected chi connectivity index (χ3v) is 4.82. The predicted octanol–water partition coefficient (Wildman–Crippen LogP) is 3.43. The van der Waals surface area contributed by atoms with E-state index >= 15 is 0 Å². The Hall–Kier alpha value is -1.79. The maximum absolute atomic E-state index is 12.8. The van der Waals surface area contributed by atoms with E-state index in [0.29, 0.717) is 23.7 Å². The first-order valence-corrected chi connectivity index (χ1v) is 10.2. The quantitative estimate of drug-likeness (QED) is 0.544. The molecule has 2 heterocycles. The minimum atomic E-state index is -3.28. The summed E-state index contributed by atoms with van der Waals surface area (Å²) in [5.41, 5.74) is -0.0543. The molecule has 1 amide bonds. The van der Waals surface area contributed by atoms with Gasteiger partial charge in [0, 0.05) is 23.9 Å². The molecule has 0 saturated carbocycles. The number of ether oxygens (including phenoxy) is 2. The average molecular weight is 414 g/mol. The van der Waals surface area contributed by atoms with Crippen LogP contribution in [0.5, 0.6) is 11.5 Å². The van der Waals surface area contributed by atoms with Gasteiger partial charge in [0.2, 0.25) is 5.91 Å². The minimum absolute atomic E-state index is 0.0543. The number of likely N-dealkylation sites (tertiary alicyclic amines) is 1. The lowest BCUT2D eigenvalue weighted by atomic mass is 10.0. The van der Waals surface area contributed by atoms with E-state index in [2.05, 4.69) is 12.2 Å². The highest BCUT2D eigenvalue weighted by Gasteiger charge is 2.27. The van der Waals surface area contributed by atoms with Gasteiger partial charge in [-0.05, 0) is 49.9 Å². The molecule has 2 aliphatic heterocycles. The Labute approximate surface area is 187 Å². The first-order chi connectivity index (χ1) is 17.5. The summed E-state index contributed by atoms with van der Waals surface area (Å²) in [6.45, 7) is -4.63. The standard InChI is InChI=1S/C23H36N2O4/c1-2-3-4-5-6-9-22(26)24-19(17-25-12-7-8-13-25)23(27)18-10-11-20-21(16-18)29-15-14-28-20/h10-11,16,19,23,27H,2-9,12-15,17H2,1H3,(H,24,26)/t19-,23-/m1/s1/i7D2,8D2,12D2,13D2,23D. The maximum atomic E-state index is 12.8. The normalized spacial score (nSPS) is 31.0. The van der Waals surface area contributed by atoms with Crippen LogP contribution in [0.4, 0.5) is 0 Å². The molecule has 2 atom stereocenters. The molecule has 1 aromatic carbocycles. The Morgan fingerprint density at radius 2 is 1.93 bits per heavy atom. The SMILES string of the molecule is [2H]C1([2H])N(C[C@@H](NC(=O)CCCCCCC)[C@]([2H])(O)c2ccc3c(c2)OCCO3)C([2H])([2H])C([2H])([2H])C1([2H])[2H]. The number of nitrogens with one attached hydrogen (secondary N) is 1. The molecule has 1 aromatic rings. The molecule has 0 aromatic heterocycles. The Balaban J connectivity index is 1.94. The maximum Gasteiger partial charge on any atom is 0.220 e. The number of nitrogens with zero attached hydrogens (tertiary/aromatic N) is 1. The van der Waals surface area contributed by atoms with Crippen LogP contribution >= 0.6 is 0 Å². The summed E-state index contributed by atoms with van der Waals surface area (Å²) < 4.78 is 85.1. The molecule has 162 valence electrons. The predicted molar refractivity (Wildman–Crippen MR) is 113 cm³/mol. The number of carbonyl (C=O) groups excluding carboxylic acids is 1. The molecule has 0 bridgehead atoms. The fourth-order valence-corrected chi connectivity index (χ4v) is 3.25. The van der Waals surface area contributed by atoms with Crippen molar-refractivity contribution in [2.24, 2.45) is 0 Å². The smallest absolute Gasteiger partial charge is 0.220 e. The van der Waals surface area contributed by atoms with Crippen LogP contribution in [0.3, 0.4) is 0 Å². The van der Waals surface area contributed by atoms with E-state index in [4.69, 9.17) is 21.8 Å². The highest BCUT2D eigenvalue weighted by molar-refractivity contribution is 5.76. The van der Waals surface area contributed by atoms with E-state index in [1.165, 1.54) is 18.2 Å². The topological polar surface area (TPSA) is 71.0 Å². The molecule has 3 rings (SSSR count). The molecular weight excluding hydrogens is 368 g/mol. The van der Waals surface area contributed by atoms with E-state index in [1.54, 1.807) is 0 Å². The summed E-state index contributed by atoms with van der Waals surface area (Å²) in [5, 5.41) is 13.9. The number of unbranched alkanes of at least 4 members (excludes halogenated alkanes) is 4. The monoisotopic (exact) mass is 413 g/mol. The number of carbonyl (C=O) groups is 1. The van der Waals surface area contributed by atoms with Crippen molar-refractivity contribution in [3.8, 4) is 11.5 Å². The van der Waals surface area contributed by atoms with Crippen LogP contribution in [0.1, 0.15) is 82.2 Å². The lowest BCUT2D eigenvalue weighted by Crippen LogP contribution is -2.46. The second-order valence-electron chi connectivity index (χ2n) is 7.11. The van der Waals surface area contributed by atoms with E-state index < -0.39 is 50.3 Å². The highest BCUT2D eigenvalue weighted by Crippen LogP contribution is 2.33. The molecule has 1 fully saturated rings. The van der Waals surface area contributed by atoms with Crippen molar-refractivity contribution in [3.05, 3.63) is 23.8 Å². The van der Waals surface area contributed by atoms with Gasteiger partial charge >= 0.3 is 0 Å². The van der Waals surface area contributed by atoms with Gasteiger partial charge in [-0.25, -0.2) is 0 Å². The van der Waals surface area contributed by atoms with Gasteiger partial charge in [-0.2, -0.15) is 0 Å². The van der Waals surface area contributed by atoms with Crippen LogP contribution in [-0.4, -0.2) is 54.7 Å². The van der Waals surface area contributed by atoms with Gasteiger partial charge < -0.3 is 24.8 Å². The molecule has 2 N–H and O–H groups in total. The van der Waals surface area contributed by atoms with Crippen molar-refractivity contribution in [3.63, 3.8) is 0 Å². The summed E-state index contributed by atoms with van der Waals surface area (Å²) in [4.78, 5) is 13.2. The second kappa shape index (κ2) is 11.4. The molecule has 0 aliphatic carbocycles. The van der Waals surface area contributed by atoms with Crippen LogP contribution in [0.25, 0.3) is 0 Å².